The van der Waals surface area contributed by atoms with E-state index in [2.05, 4.69) is 30.7 Å². The van der Waals surface area contributed by atoms with E-state index >= 15 is 0 Å². The lowest BCUT2D eigenvalue weighted by molar-refractivity contribution is -0.138. The Kier molecular flexibility index (Phi) is 31.8. The molecule has 1 aliphatic carbocycles. The first kappa shape index (κ1) is 43.3. The van der Waals surface area contributed by atoms with Crippen molar-refractivity contribution in [2.45, 2.75) is 131 Å². The molecular formula is C32H65FN2O4S. The first-order chi connectivity index (χ1) is 19.1. The maximum Gasteiger partial charge on any atom is 0.242 e. The van der Waals surface area contributed by atoms with Gasteiger partial charge in [0, 0.05) is 32.3 Å². The third-order valence-corrected chi connectivity index (χ3v) is 7.70. The van der Waals surface area contributed by atoms with E-state index < -0.39 is 0 Å². The standard InChI is InChI=1S/C23H40N2O2S.C4H10O.2C2H6.CH3FO/c1-5-28-21-15-22(26)25(23(21)27)13-7-10-19-8-6-9-20(14-19)16-24-18(4)12-11-17(2)3;1-4(2)5-3;2*1-2;1-3-2/h17,19-21,24H,4-16H2,1-3H3;4H,1-3H3;2*1-2H3;1H3. The van der Waals surface area contributed by atoms with Crippen molar-refractivity contribution >= 4 is 23.6 Å². The van der Waals surface area contributed by atoms with Crippen LogP contribution in [0, 0.1) is 17.8 Å². The summed E-state index contributed by atoms with van der Waals surface area (Å²) in [7, 11) is 2.66. The lowest BCUT2D eigenvalue weighted by Gasteiger charge is -2.30. The molecule has 8 heteroatoms. The number of halogens is 1. The van der Waals surface area contributed by atoms with Crippen LogP contribution in [-0.2, 0) is 19.3 Å². The van der Waals surface area contributed by atoms with E-state index in [-0.39, 0.29) is 17.1 Å². The molecule has 0 spiro atoms. The minimum absolute atomic E-state index is 0.0292. The molecule has 0 aromatic carbocycles. The molecule has 1 saturated heterocycles. The number of thioether (sulfide) groups is 1. The van der Waals surface area contributed by atoms with Crippen LogP contribution >= 0.6 is 11.8 Å². The molecule has 240 valence electrons. The molecule has 2 amide bonds. The van der Waals surface area contributed by atoms with Gasteiger partial charge >= 0.3 is 0 Å². The molecule has 1 heterocycles. The molecule has 0 aromatic rings. The van der Waals surface area contributed by atoms with Crippen molar-refractivity contribution in [3.8, 4) is 0 Å². The van der Waals surface area contributed by atoms with Crippen LogP contribution in [-0.4, -0.2) is 61.1 Å². The second kappa shape index (κ2) is 29.4. The summed E-state index contributed by atoms with van der Waals surface area (Å²) in [6.07, 6.45) is 10.3. The van der Waals surface area contributed by atoms with Gasteiger partial charge in [-0.15, -0.1) is 11.8 Å². The molecule has 2 fully saturated rings. The Morgan fingerprint density at radius 3 is 2.15 bits per heavy atom. The van der Waals surface area contributed by atoms with Gasteiger partial charge < -0.3 is 10.1 Å². The van der Waals surface area contributed by atoms with Crippen molar-refractivity contribution in [3.05, 3.63) is 12.3 Å². The minimum atomic E-state index is -0.133. The molecule has 0 bridgehead atoms. The molecular weight excluding hydrogens is 527 g/mol. The van der Waals surface area contributed by atoms with E-state index in [9.17, 15) is 14.1 Å². The number of allylic oxidation sites excluding steroid dienone is 1. The Morgan fingerprint density at radius 2 is 1.65 bits per heavy atom. The number of nitrogens with zero attached hydrogens (tertiary/aromatic N) is 1. The first-order valence-corrected chi connectivity index (χ1v) is 16.7. The van der Waals surface area contributed by atoms with Gasteiger partial charge in [0.15, 0.2) is 0 Å². The van der Waals surface area contributed by atoms with Crippen molar-refractivity contribution in [1.82, 2.24) is 10.2 Å². The van der Waals surface area contributed by atoms with Crippen LogP contribution in [0.3, 0.4) is 0 Å². The molecule has 40 heavy (non-hydrogen) atoms. The van der Waals surface area contributed by atoms with Crippen LogP contribution in [0.1, 0.15) is 120 Å². The summed E-state index contributed by atoms with van der Waals surface area (Å²) in [5, 5.41) is 3.43. The largest absolute Gasteiger partial charge is 0.389 e. The third-order valence-electron chi connectivity index (χ3n) is 6.59. The average Bonchev–Trinajstić information content (AvgIpc) is 3.21. The van der Waals surface area contributed by atoms with Gasteiger partial charge in [-0.2, -0.15) is 4.94 Å². The van der Waals surface area contributed by atoms with E-state index in [1.165, 1.54) is 42.7 Å². The zero-order valence-corrected chi connectivity index (χ0v) is 28.8. The van der Waals surface area contributed by atoms with Crippen LogP contribution < -0.4 is 5.32 Å². The number of nitrogens with one attached hydrogen (secondary N) is 1. The van der Waals surface area contributed by atoms with E-state index in [1.807, 2.05) is 48.5 Å². The predicted molar refractivity (Wildman–Crippen MR) is 172 cm³/mol. The van der Waals surface area contributed by atoms with Gasteiger partial charge in [0.05, 0.1) is 18.5 Å². The zero-order valence-electron chi connectivity index (χ0n) is 27.9. The summed E-state index contributed by atoms with van der Waals surface area (Å²) >= 11 is 1.60. The van der Waals surface area contributed by atoms with Gasteiger partial charge in [0.25, 0.3) is 0 Å². The molecule has 3 unspecified atom stereocenters. The summed E-state index contributed by atoms with van der Waals surface area (Å²) in [5.41, 5.74) is 1.18. The fourth-order valence-electron chi connectivity index (χ4n) is 4.45. The molecule has 1 aliphatic heterocycles. The number of carbonyl (C=O) groups excluding carboxylic acids is 2. The molecule has 2 aliphatic rings. The quantitative estimate of drug-likeness (QED) is 0.216. The van der Waals surface area contributed by atoms with Crippen molar-refractivity contribution in [3.63, 3.8) is 0 Å². The van der Waals surface area contributed by atoms with E-state index in [0.29, 0.717) is 19.1 Å². The van der Waals surface area contributed by atoms with Crippen LogP contribution in [0.15, 0.2) is 12.3 Å². The van der Waals surface area contributed by atoms with Gasteiger partial charge in [0.2, 0.25) is 11.8 Å². The Hall–Kier alpha value is -1.12. The van der Waals surface area contributed by atoms with E-state index in [4.69, 9.17) is 4.74 Å². The van der Waals surface area contributed by atoms with Gasteiger partial charge in [-0.1, -0.05) is 67.9 Å². The number of imide groups is 1. The summed E-state index contributed by atoms with van der Waals surface area (Å²) in [6, 6.07) is 0. The normalized spacial score (nSPS) is 19.9. The predicted octanol–water partition coefficient (Wildman–Crippen LogP) is 8.60. The van der Waals surface area contributed by atoms with E-state index in [0.717, 1.165) is 56.4 Å². The van der Waals surface area contributed by atoms with Gasteiger partial charge in [-0.25, -0.2) is 0 Å². The van der Waals surface area contributed by atoms with Crippen molar-refractivity contribution in [1.29, 1.82) is 0 Å². The number of likely N-dealkylation sites (tertiary alicyclic amines) is 1. The number of hydrogen-bond acceptors (Lipinski definition) is 6. The summed E-state index contributed by atoms with van der Waals surface area (Å²) in [5.74, 6) is 3.15. The topological polar surface area (TPSA) is 67.9 Å². The Labute approximate surface area is 251 Å². The summed E-state index contributed by atoms with van der Waals surface area (Å²) in [4.78, 5) is 28.7. The number of amides is 2. The fourth-order valence-corrected chi connectivity index (χ4v) is 5.38. The number of ether oxygens (including phenoxy) is 1. The molecule has 0 aromatic heterocycles. The zero-order chi connectivity index (χ0) is 31.5. The Bertz CT molecular complexity index is 620. The van der Waals surface area contributed by atoms with Crippen LogP contribution in [0.2, 0.25) is 0 Å². The van der Waals surface area contributed by atoms with Crippen molar-refractivity contribution < 1.29 is 23.8 Å². The van der Waals surface area contributed by atoms with Gasteiger partial charge in [0.1, 0.15) is 0 Å². The number of methoxy groups -OCH3 is 1. The maximum absolute atomic E-state index is 12.4. The molecule has 1 saturated carbocycles. The first-order valence-electron chi connectivity index (χ1n) is 15.6. The highest BCUT2D eigenvalue weighted by molar-refractivity contribution is 8.00. The molecule has 3 atom stereocenters. The Balaban J connectivity index is -0.000000976. The second-order valence-electron chi connectivity index (χ2n) is 10.4. The highest BCUT2D eigenvalue weighted by atomic mass is 32.2. The number of hydrogen-bond donors (Lipinski definition) is 1. The van der Waals surface area contributed by atoms with Crippen LogP contribution in [0.5, 0.6) is 0 Å². The van der Waals surface area contributed by atoms with E-state index in [1.54, 1.807) is 18.9 Å². The lowest BCUT2D eigenvalue weighted by atomic mass is 9.79. The monoisotopic (exact) mass is 592 g/mol. The van der Waals surface area contributed by atoms with Crippen molar-refractivity contribution in [2.24, 2.45) is 17.8 Å². The molecule has 0 radical (unpaired) electrons. The lowest BCUT2D eigenvalue weighted by Crippen LogP contribution is -2.33. The van der Waals surface area contributed by atoms with Gasteiger partial charge in [-0.3, -0.25) is 14.5 Å². The minimum Gasteiger partial charge on any atom is -0.389 e. The second-order valence-corrected chi connectivity index (χ2v) is 11.9. The van der Waals surface area contributed by atoms with Crippen molar-refractivity contribution in [2.75, 3.05) is 33.1 Å². The average molecular weight is 593 g/mol. The molecule has 2 rings (SSSR count). The Morgan fingerprint density at radius 1 is 1.10 bits per heavy atom. The fraction of sp³-hybridized carbons (Fsp3) is 0.875. The third kappa shape index (κ3) is 22.6. The maximum atomic E-state index is 12.4. The number of rotatable bonds is 13. The highest BCUT2D eigenvalue weighted by Gasteiger charge is 2.38. The summed E-state index contributed by atoms with van der Waals surface area (Å²) < 4.78 is 14.5. The number of carbonyl (C=O) groups is 2. The van der Waals surface area contributed by atoms with Crippen LogP contribution in [0.25, 0.3) is 0 Å². The highest BCUT2D eigenvalue weighted by Crippen LogP contribution is 2.32. The smallest absolute Gasteiger partial charge is 0.242 e. The molecule has 1 N–H and O–H groups in total. The SMILES string of the molecule is C=C(CCC(C)C)NCC1CCCC(CCCN2C(=O)CC(SCC)C2=O)C1.CC.CC.COC(C)C.COF. The van der Waals surface area contributed by atoms with Gasteiger partial charge in [-0.05, 0) is 80.4 Å². The molecule has 6 nitrogen and oxygen atoms in total. The van der Waals surface area contributed by atoms with Crippen LogP contribution in [0.4, 0.5) is 4.53 Å². The summed E-state index contributed by atoms with van der Waals surface area (Å²) in [6.45, 7) is 24.4.